The number of aromatic hydroxyl groups is 1. The summed E-state index contributed by atoms with van der Waals surface area (Å²) in [4.78, 5) is 37.4. The number of carbonyl (C=O) groups is 3. The highest BCUT2D eigenvalue weighted by Crippen LogP contribution is 2.22. The number of benzene rings is 1. The molecule has 0 saturated carbocycles. The maximum atomic E-state index is 12.2. The summed E-state index contributed by atoms with van der Waals surface area (Å²) in [7, 11) is 0. The largest absolute Gasteiger partial charge is 0.507 e. The number of amides is 1. The lowest BCUT2D eigenvalue weighted by molar-refractivity contribution is -0.151. The minimum Gasteiger partial charge on any atom is -0.507 e. The third-order valence-electron chi connectivity index (χ3n) is 4.25. The van der Waals surface area contributed by atoms with E-state index in [1.54, 1.807) is 30.9 Å². The van der Waals surface area contributed by atoms with E-state index in [0.717, 1.165) is 0 Å². The van der Waals surface area contributed by atoms with Gasteiger partial charge in [0.15, 0.2) is 6.61 Å². The van der Waals surface area contributed by atoms with E-state index in [4.69, 9.17) is 9.47 Å². The summed E-state index contributed by atoms with van der Waals surface area (Å²) in [6.07, 6.45) is 1.08. The molecule has 1 heterocycles. The Bertz CT molecular complexity index is 649. The molecule has 1 amide bonds. The second-order valence-electron chi connectivity index (χ2n) is 5.95. The number of ether oxygens (including phenoxy) is 2. The van der Waals surface area contributed by atoms with Crippen molar-refractivity contribution in [2.75, 3.05) is 26.3 Å². The van der Waals surface area contributed by atoms with E-state index in [1.807, 2.05) is 0 Å². The molecular formula is C18H23NO6. The Kier molecular flexibility index (Phi) is 6.38. The molecule has 136 valence electrons. The van der Waals surface area contributed by atoms with E-state index >= 15 is 0 Å². The summed E-state index contributed by atoms with van der Waals surface area (Å²) in [5, 5.41) is 9.87. The van der Waals surface area contributed by atoms with Crippen molar-refractivity contribution in [3.63, 3.8) is 0 Å². The van der Waals surface area contributed by atoms with Crippen molar-refractivity contribution in [1.82, 2.24) is 4.90 Å². The summed E-state index contributed by atoms with van der Waals surface area (Å²) in [5.41, 5.74) is 0.593. The highest BCUT2D eigenvalue weighted by Gasteiger charge is 2.28. The zero-order valence-electron chi connectivity index (χ0n) is 14.5. The molecule has 1 aliphatic rings. The first-order valence-electron chi connectivity index (χ1n) is 8.34. The maximum Gasteiger partial charge on any atom is 0.342 e. The molecule has 0 bridgehead atoms. The number of hydrogen-bond donors (Lipinski definition) is 1. The molecule has 1 N–H and O–H groups in total. The van der Waals surface area contributed by atoms with Crippen LogP contribution in [0.25, 0.3) is 0 Å². The van der Waals surface area contributed by atoms with Crippen molar-refractivity contribution in [2.24, 2.45) is 5.92 Å². The van der Waals surface area contributed by atoms with Crippen molar-refractivity contribution in [1.29, 1.82) is 0 Å². The minimum atomic E-state index is -0.740. The second-order valence-corrected chi connectivity index (χ2v) is 5.95. The Morgan fingerprint density at radius 2 is 1.88 bits per heavy atom. The van der Waals surface area contributed by atoms with Crippen LogP contribution in [0.5, 0.6) is 5.75 Å². The number of phenolic OH excluding ortho intramolecular Hbond substituents is 1. The van der Waals surface area contributed by atoms with Crippen LogP contribution < -0.4 is 0 Å². The zero-order valence-corrected chi connectivity index (χ0v) is 14.5. The number of carbonyl (C=O) groups excluding carboxylic acids is 3. The van der Waals surface area contributed by atoms with E-state index in [9.17, 15) is 19.5 Å². The third-order valence-corrected chi connectivity index (χ3v) is 4.25. The van der Waals surface area contributed by atoms with E-state index in [2.05, 4.69) is 0 Å². The van der Waals surface area contributed by atoms with Gasteiger partial charge in [0.2, 0.25) is 0 Å². The normalized spacial score (nSPS) is 14.9. The van der Waals surface area contributed by atoms with Crippen molar-refractivity contribution in [3.8, 4) is 5.75 Å². The van der Waals surface area contributed by atoms with Gasteiger partial charge >= 0.3 is 11.9 Å². The molecule has 0 aromatic heterocycles. The standard InChI is InChI=1S/C18H23NO6/c1-3-24-17(22)13-7-9-19(10-8-13)15(20)11-25-18(23)14-6-4-5-12(2)16(14)21/h4-6,13,21H,3,7-11H2,1-2H3. The first-order chi connectivity index (χ1) is 11.9. The molecule has 0 radical (unpaired) electrons. The van der Waals surface area contributed by atoms with Gasteiger partial charge in [0.25, 0.3) is 5.91 Å². The molecule has 1 fully saturated rings. The monoisotopic (exact) mass is 349 g/mol. The van der Waals surface area contributed by atoms with Crippen LogP contribution in [-0.4, -0.2) is 54.2 Å². The van der Waals surface area contributed by atoms with E-state index < -0.39 is 12.6 Å². The fourth-order valence-corrected chi connectivity index (χ4v) is 2.74. The summed E-state index contributed by atoms with van der Waals surface area (Å²) in [6.45, 7) is 4.24. The molecule has 0 aliphatic carbocycles. The first kappa shape index (κ1) is 18.8. The molecule has 0 spiro atoms. The summed E-state index contributed by atoms with van der Waals surface area (Å²) in [6, 6.07) is 4.75. The lowest BCUT2D eigenvalue weighted by Crippen LogP contribution is -2.42. The van der Waals surface area contributed by atoms with Crippen molar-refractivity contribution >= 4 is 17.8 Å². The second kappa shape index (κ2) is 8.50. The number of aryl methyl sites for hydroxylation is 1. The number of phenols is 1. The molecule has 7 nitrogen and oxygen atoms in total. The fraction of sp³-hybridized carbons (Fsp3) is 0.500. The first-order valence-corrected chi connectivity index (χ1v) is 8.34. The number of para-hydroxylation sites is 1. The summed E-state index contributed by atoms with van der Waals surface area (Å²) in [5.74, 6) is -1.61. The highest BCUT2D eigenvalue weighted by atomic mass is 16.5. The smallest absolute Gasteiger partial charge is 0.342 e. The third kappa shape index (κ3) is 4.71. The van der Waals surface area contributed by atoms with Gasteiger partial charge in [-0.25, -0.2) is 4.79 Å². The van der Waals surface area contributed by atoms with Gasteiger partial charge in [-0.3, -0.25) is 9.59 Å². The van der Waals surface area contributed by atoms with Crippen LogP contribution in [0, 0.1) is 12.8 Å². The lowest BCUT2D eigenvalue weighted by Gasteiger charge is -2.30. The molecule has 0 atom stereocenters. The molecule has 25 heavy (non-hydrogen) atoms. The number of esters is 2. The topological polar surface area (TPSA) is 93.1 Å². The Hall–Kier alpha value is -2.57. The van der Waals surface area contributed by atoms with Gasteiger partial charge in [0.1, 0.15) is 11.3 Å². The average molecular weight is 349 g/mol. The SMILES string of the molecule is CCOC(=O)C1CCN(C(=O)COC(=O)c2cccc(C)c2O)CC1. The van der Waals surface area contributed by atoms with Gasteiger partial charge in [-0.2, -0.15) is 0 Å². The highest BCUT2D eigenvalue weighted by molar-refractivity contribution is 5.94. The Morgan fingerprint density at radius 3 is 2.52 bits per heavy atom. The Morgan fingerprint density at radius 1 is 1.20 bits per heavy atom. The van der Waals surface area contributed by atoms with Crippen LogP contribution in [0.15, 0.2) is 18.2 Å². The Balaban J connectivity index is 1.82. The number of rotatable bonds is 5. The minimum absolute atomic E-state index is 0.0359. The molecular weight excluding hydrogens is 326 g/mol. The van der Waals surface area contributed by atoms with Crippen LogP contribution in [0.2, 0.25) is 0 Å². The van der Waals surface area contributed by atoms with Gasteiger partial charge < -0.3 is 19.5 Å². The van der Waals surface area contributed by atoms with Gasteiger partial charge in [0, 0.05) is 13.1 Å². The zero-order chi connectivity index (χ0) is 18.4. The van der Waals surface area contributed by atoms with E-state index in [0.29, 0.717) is 38.1 Å². The number of likely N-dealkylation sites (tertiary alicyclic amines) is 1. The number of nitrogens with zero attached hydrogens (tertiary/aromatic N) is 1. The van der Waals surface area contributed by atoms with Gasteiger partial charge in [-0.1, -0.05) is 12.1 Å². The van der Waals surface area contributed by atoms with Crippen LogP contribution in [0.1, 0.15) is 35.7 Å². The van der Waals surface area contributed by atoms with E-state index in [-0.39, 0.29) is 29.1 Å². The van der Waals surface area contributed by atoms with Crippen LogP contribution in [0.3, 0.4) is 0 Å². The van der Waals surface area contributed by atoms with Crippen molar-refractivity contribution in [2.45, 2.75) is 26.7 Å². The molecule has 2 rings (SSSR count). The molecule has 1 aromatic rings. The molecule has 1 saturated heterocycles. The predicted molar refractivity (Wildman–Crippen MR) is 89.1 cm³/mol. The summed E-state index contributed by atoms with van der Waals surface area (Å²) >= 11 is 0. The maximum absolute atomic E-state index is 12.2. The average Bonchev–Trinajstić information content (AvgIpc) is 2.62. The fourth-order valence-electron chi connectivity index (χ4n) is 2.74. The van der Waals surface area contributed by atoms with E-state index in [1.165, 1.54) is 6.07 Å². The van der Waals surface area contributed by atoms with Crippen LogP contribution in [-0.2, 0) is 19.1 Å². The molecule has 7 heteroatoms. The lowest BCUT2D eigenvalue weighted by atomic mass is 9.97. The number of hydrogen-bond acceptors (Lipinski definition) is 6. The van der Waals surface area contributed by atoms with Crippen LogP contribution >= 0.6 is 0 Å². The van der Waals surface area contributed by atoms with Gasteiger partial charge in [-0.05, 0) is 38.3 Å². The molecule has 0 unspecified atom stereocenters. The quantitative estimate of drug-likeness (QED) is 0.813. The van der Waals surface area contributed by atoms with Crippen LogP contribution in [0.4, 0.5) is 0 Å². The van der Waals surface area contributed by atoms with Crippen molar-refractivity contribution < 1.29 is 29.0 Å². The Labute approximate surface area is 146 Å². The predicted octanol–water partition coefficient (Wildman–Crippen LogP) is 1.66. The van der Waals surface area contributed by atoms with Crippen molar-refractivity contribution in [3.05, 3.63) is 29.3 Å². The van der Waals surface area contributed by atoms with Gasteiger partial charge in [0.05, 0.1) is 12.5 Å². The summed E-state index contributed by atoms with van der Waals surface area (Å²) < 4.78 is 10.0. The molecule has 1 aromatic carbocycles. The number of piperidine rings is 1. The molecule has 1 aliphatic heterocycles. The van der Waals surface area contributed by atoms with Gasteiger partial charge in [-0.15, -0.1) is 0 Å².